The standard InChI is InChI=1S/C30H19NS2/c1-19-16-24-22-9-2-5-11-26(22)31(27(24)18-32-28-12-6-3-8-21(19)28)20-14-15-30-25(17-20)23-10-4-7-13-29(23)33-30/h2-18H,1H2/b24-16-,27-18+. The summed E-state index contributed by atoms with van der Waals surface area (Å²) in [5.74, 6) is 0. The van der Waals surface area contributed by atoms with Gasteiger partial charge in [-0.25, -0.2) is 0 Å². The second kappa shape index (κ2) is 7.24. The van der Waals surface area contributed by atoms with E-state index in [1.807, 2.05) is 11.3 Å². The van der Waals surface area contributed by atoms with Crippen molar-refractivity contribution >= 4 is 71.2 Å². The fourth-order valence-corrected chi connectivity index (χ4v) is 6.93. The number of hydrogen-bond acceptors (Lipinski definition) is 2. The summed E-state index contributed by atoms with van der Waals surface area (Å²) >= 11 is 3.64. The molecule has 3 heteroatoms. The molecule has 2 aromatic heterocycles. The number of fused-ring (bicyclic) bond motifs is 7. The number of aromatic nitrogens is 1. The minimum Gasteiger partial charge on any atom is -0.309 e. The van der Waals surface area contributed by atoms with Crippen LogP contribution in [0.25, 0.3) is 53.8 Å². The summed E-state index contributed by atoms with van der Waals surface area (Å²) < 4.78 is 5.06. The first-order valence-corrected chi connectivity index (χ1v) is 12.7. The highest BCUT2D eigenvalue weighted by molar-refractivity contribution is 8.06. The van der Waals surface area contributed by atoms with Crippen LogP contribution in [0.3, 0.4) is 0 Å². The van der Waals surface area contributed by atoms with Crippen molar-refractivity contribution in [2.75, 3.05) is 0 Å². The molecule has 1 aliphatic rings. The van der Waals surface area contributed by atoms with Gasteiger partial charge in [-0.05, 0) is 53.6 Å². The lowest BCUT2D eigenvalue weighted by atomic mass is 10.1. The van der Waals surface area contributed by atoms with E-state index >= 15 is 0 Å². The van der Waals surface area contributed by atoms with Crippen LogP contribution < -0.4 is 10.6 Å². The Kier molecular flexibility index (Phi) is 4.17. The normalized spacial score (nSPS) is 15.3. The van der Waals surface area contributed by atoms with Crippen LogP contribution in [-0.4, -0.2) is 4.57 Å². The highest BCUT2D eigenvalue weighted by Crippen LogP contribution is 2.35. The second-order valence-electron chi connectivity index (χ2n) is 8.33. The molecule has 0 saturated carbocycles. The van der Waals surface area contributed by atoms with E-state index in [9.17, 15) is 0 Å². The summed E-state index contributed by atoms with van der Waals surface area (Å²) in [7, 11) is 0. The van der Waals surface area contributed by atoms with Gasteiger partial charge in [0.05, 0.1) is 10.9 Å². The van der Waals surface area contributed by atoms with Crippen LogP contribution in [0.1, 0.15) is 5.56 Å². The summed E-state index contributed by atoms with van der Waals surface area (Å²) in [5.41, 5.74) is 4.66. The van der Waals surface area contributed by atoms with Gasteiger partial charge in [0.2, 0.25) is 0 Å². The van der Waals surface area contributed by atoms with Crippen LogP contribution >= 0.6 is 23.1 Å². The van der Waals surface area contributed by atoms with E-state index in [2.05, 4.69) is 114 Å². The summed E-state index contributed by atoms with van der Waals surface area (Å²) in [6, 6.07) is 32.8. The van der Waals surface area contributed by atoms with E-state index in [4.69, 9.17) is 0 Å². The van der Waals surface area contributed by atoms with Crippen LogP contribution in [0.5, 0.6) is 0 Å². The Hall–Kier alpha value is -3.53. The first kappa shape index (κ1) is 19.0. The molecule has 0 amide bonds. The lowest BCUT2D eigenvalue weighted by Crippen LogP contribution is -2.28. The minimum absolute atomic E-state index is 1.05. The molecule has 0 spiro atoms. The topological polar surface area (TPSA) is 4.93 Å². The number of benzene rings is 4. The molecule has 156 valence electrons. The molecule has 0 aliphatic carbocycles. The van der Waals surface area contributed by atoms with E-state index in [0.29, 0.717) is 0 Å². The fraction of sp³-hybridized carbons (Fsp3) is 0. The molecule has 0 bridgehead atoms. The lowest BCUT2D eigenvalue weighted by molar-refractivity contribution is 1.08. The van der Waals surface area contributed by atoms with Crippen molar-refractivity contribution in [1.29, 1.82) is 0 Å². The molecule has 0 atom stereocenters. The van der Waals surface area contributed by atoms with Crippen molar-refractivity contribution in [2.24, 2.45) is 0 Å². The number of nitrogens with zero attached hydrogens (tertiary/aromatic N) is 1. The third kappa shape index (κ3) is 2.86. The van der Waals surface area contributed by atoms with Crippen molar-refractivity contribution in [3.8, 4) is 5.69 Å². The summed E-state index contributed by atoms with van der Waals surface area (Å²) in [4.78, 5) is 1.24. The van der Waals surface area contributed by atoms with E-state index in [1.54, 1.807) is 11.8 Å². The summed E-state index contributed by atoms with van der Waals surface area (Å²) in [6.45, 7) is 4.42. The monoisotopic (exact) mass is 457 g/mol. The molecule has 0 radical (unpaired) electrons. The largest absolute Gasteiger partial charge is 0.309 e. The van der Waals surface area contributed by atoms with Crippen LogP contribution in [0.2, 0.25) is 0 Å². The molecule has 33 heavy (non-hydrogen) atoms. The van der Waals surface area contributed by atoms with Crippen molar-refractivity contribution in [1.82, 2.24) is 4.57 Å². The number of thioether (sulfide) groups is 1. The van der Waals surface area contributed by atoms with Crippen LogP contribution in [0.4, 0.5) is 0 Å². The Balaban J connectivity index is 1.58. The van der Waals surface area contributed by atoms with Crippen molar-refractivity contribution in [3.05, 3.63) is 114 Å². The molecular formula is C30H19NS2. The number of thiophene rings is 1. The van der Waals surface area contributed by atoms with Gasteiger partial charge >= 0.3 is 0 Å². The predicted molar refractivity (Wildman–Crippen MR) is 146 cm³/mol. The smallest absolute Gasteiger partial charge is 0.0607 e. The minimum atomic E-state index is 1.05. The zero-order chi connectivity index (χ0) is 21.9. The average Bonchev–Trinajstić information content (AvgIpc) is 3.37. The summed E-state index contributed by atoms with van der Waals surface area (Å²) in [5, 5.41) is 8.62. The SMILES string of the molecule is C=C1/C=c2\c(n(-c3ccc4sc5ccccc5c4c3)c3ccccc23)=C/Sc2ccccc21. The zero-order valence-corrected chi connectivity index (χ0v) is 19.4. The highest BCUT2D eigenvalue weighted by atomic mass is 32.2. The molecule has 1 nitrogen and oxygen atoms in total. The van der Waals surface area contributed by atoms with E-state index in [0.717, 1.165) is 5.57 Å². The Morgan fingerprint density at radius 2 is 1.45 bits per heavy atom. The third-order valence-corrected chi connectivity index (χ3v) is 8.52. The number of allylic oxidation sites excluding steroid dienone is 1. The fourth-order valence-electron chi connectivity index (χ4n) is 4.89. The molecule has 1 aliphatic heterocycles. The number of para-hydroxylation sites is 1. The van der Waals surface area contributed by atoms with Gasteiger partial charge in [0.1, 0.15) is 0 Å². The van der Waals surface area contributed by atoms with Gasteiger partial charge in [0, 0.05) is 46.8 Å². The third-order valence-electron chi connectivity index (χ3n) is 6.42. The van der Waals surface area contributed by atoms with Crippen LogP contribution in [-0.2, 0) is 0 Å². The van der Waals surface area contributed by atoms with Gasteiger partial charge in [-0.3, -0.25) is 0 Å². The Morgan fingerprint density at radius 1 is 0.697 bits per heavy atom. The molecule has 4 aromatic carbocycles. The summed E-state index contributed by atoms with van der Waals surface area (Å²) in [6.07, 6.45) is 2.25. The maximum absolute atomic E-state index is 4.42. The van der Waals surface area contributed by atoms with Gasteiger partial charge in [-0.1, -0.05) is 72.9 Å². The highest BCUT2D eigenvalue weighted by Gasteiger charge is 2.14. The van der Waals surface area contributed by atoms with Gasteiger partial charge in [-0.2, -0.15) is 0 Å². The van der Waals surface area contributed by atoms with E-state index in [1.165, 1.54) is 57.8 Å². The Bertz CT molecular complexity index is 1870. The maximum Gasteiger partial charge on any atom is 0.0607 e. The van der Waals surface area contributed by atoms with Crippen molar-refractivity contribution < 1.29 is 0 Å². The van der Waals surface area contributed by atoms with E-state index < -0.39 is 0 Å². The maximum atomic E-state index is 4.42. The average molecular weight is 458 g/mol. The molecule has 0 saturated heterocycles. The quantitative estimate of drug-likeness (QED) is 0.250. The first-order chi connectivity index (χ1) is 16.3. The van der Waals surface area contributed by atoms with Crippen molar-refractivity contribution in [2.45, 2.75) is 4.90 Å². The van der Waals surface area contributed by atoms with Gasteiger partial charge in [0.25, 0.3) is 0 Å². The molecular weight excluding hydrogens is 438 g/mol. The molecule has 0 N–H and O–H groups in total. The molecule has 0 unspecified atom stereocenters. The van der Waals surface area contributed by atoms with Crippen molar-refractivity contribution in [3.63, 3.8) is 0 Å². The number of hydrogen-bond donors (Lipinski definition) is 0. The second-order valence-corrected chi connectivity index (χ2v) is 10.3. The Labute approximate surface area is 199 Å². The van der Waals surface area contributed by atoms with E-state index in [-0.39, 0.29) is 0 Å². The van der Waals surface area contributed by atoms with Gasteiger partial charge < -0.3 is 4.57 Å². The number of rotatable bonds is 1. The Morgan fingerprint density at radius 3 is 2.39 bits per heavy atom. The first-order valence-electron chi connectivity index (χ1n) is 11.0. The molecule has 7 rings (SSSR count). The lowest BCUT2D eigenvalue weighted by Gasteiger charge is -2.10. The zero-order valence-electron chi connectivity index (χ0n) is 17.8. The molecule has 0 fully saturated rings. The molecule has 6 aromatic rings. The van der Waals surface area contributed by atoms with Gasteiger partial charge in [0.15, 0.2) is 0 Å². The van der Waals surface area contributed by atoms with Crippen LogP contribution in [0.15, 0.2) is 102 Å². The van der Waals surface area contributed by atoms with Crippen LogP contribution in [0, 0.1) is 0 Å². The molecule has 3 heterocycles. The predicted octanol–water partition coefficient (Wildman–Crippen LogP) is 7.34. The van der Waals surface area contributed by atoms with Gasteiger partial charge in [-0.15, -0.1) is 11.3 Å².